The third kappa shape index (κ3) is 6.42. The minimum atomic E-state index is 0.350. The second-order valence-corrected chi connectivity index (χ2v) is 5.78. The first-order chi connectivity index (χ1) is 9.19. The molecular weight excluding hydrogens is 256 g/mol. The smallest absolute Gasteiger partial charge is 0.0406 e. The Bertz CT molecular complexity index is 337. The Kier molecular flexibility index (Phi) is 8.11. The molecule has 0 aliphatic carbocycles. The van der Waals surface area contributed by atoms with Crippen LogP contribution in [0.2, 0.25) is 5.02 Å². The van der Waals surface area contributed by atoms with Crippen LogP contribution in [-0.4, -0.2) is 6.04 Å². The Hall–Kier alpha value is -0.570. The second kappa shape index (κ2) is 9.35. The number of rotatable bonds is 9. The zero-order valence-corrected chi connectivity index (χ0v) is 12.9. The molecule has 108 valence electrons. The number of hydrazine groups is 1. The van der Waals surface area contributed by atoms with Gasteiger partial charge in [-0.25, -0.2) is 0 Å². The van der Waals surface area contributed by atoms with E-state index < -0.39 is 0 Å². The van der Waals surface area contributed by atoms with Crippen LogP contribution in [-0.2, 0) is 6.42 Å². The van der Waals surface area contributed by atoms with E-state index in [1.165, 1.54) is 31.2 Å². The van der Waals surface area contributed by atoms with Gasteiger partial charge < -0.3 is 0 Å². The van der Waals surface area contributed by atoms with Crippen molar-refractivity contribution in [3.63, 3.8) is 0 Å². The van der Waals surface area contributed by atoms with E-state index in [-0.39, 0.29) is 0 Å². The lowest BCUT2D eigenvalue weighted by atomic mass is 9.90. The Labute approximate surface area is 122 Å². The Morgan fingerprint density at radius 3 is 2.42 bits per heavy atom. The van der Waals surface area contributed by atoms with E-state index in [9.17, 15) is 0 Å². The SMILES string of the molecule is CCCCC(CC)CC(Cc1ccc(Cl)cc1)NN. The van der Waals surface area contributed by atoms with Gasteiger partial charge in [0.1, 0.15) is 0 Å². The largest absolute Gasteiger partial charge is 0.271 e. The van der Waals surface area contributed by atoms with Gasteiger partial charge in [0.15, 0.2) is 0 Å². The maximum atomic E-state index is 5.91. The fourth-order valence-electron chi connectivity index (χ4n) is 2.50. The molecule has 1 aromatic carbocycles. The Morgan fingerprint density at radius 1 is 1.21 bits per heavy atom. The average Bonchev–Trinajstić information content (AvgIpc) is 2.44. The predicted octanol–water partition coefficient (Wildman–Crippen LogP) is 4.32. The van der Waals surface area contributed by atoms with E-state index in [0.717, 1.165) is 23.8 Å². The van der Waals surface area contributed by atoms with Gasteiger partial charge in [-0.3, -0.25) is 11.3 Å². The van der Waals surface area contributed by atoms with Crippen molar-refractivity contribution >= 4 is 11.6 Å². The number of nitrogens with one attached hydrogen (secondary N) is 1. The lowest BCUT2D eigenvalue weighted by Crippen LogP contribution is -2.38. The van der Waals surface area contributed by atoms with Gasteiger partial charge in [-0.15, -0.1) is 0 Å². The molecule has 0 heterocycles. The van der Waals surface area contributed by atoms with Crippen LogP contribution in [0.25, 0.3) is 0 Å². The molecule has 0 amide bonds. The minimum Gasteiger partial charge on any atom is -0.271 e. The van der Waals surface area contributed by atoms with Crippen LogP contribution in [0.1, 0.15) is 51.5 Å². The highest BCUT2D eigenvalue weighted by Crippen LogP contribution is 2.20. The highest BCUT2D eigenvalue weighted by molar-refractivity contribution is 6.30. The first-order valence-electron chi connectivity index (χ1n) is 7.40. The van der Waals surface area contributed by atoms with Crippen LogP contribution in [0.4, 0.5) is 0 Å². The molecule has 0 spiro atoms. The van der Waals surface area contributed by atoms with Crippen molar-refractivity contribution in [1.29, 1.82) is 0 Å². The van der Waals surface area contributed by atoms with Crippen molar-refractivity contribution in [1.82, 2.24) is 5.43 Å². The summed E-state index contributed by atoms with van der Waals surface area (Å²) in [6.07, 6.45) is 7.25. The van der Waals surface area contributed by atoms with Gasteiger partial charge in [0.05, 0.1) is 0 Å². The molecule has 0 saturated heterocycles. The summed E-state index contributed by atoms with van der Waals surface area (Å²) in [6, 6.07) is 8.40. The highest BCUT2D eigenvalue weighted by atomic mass is 35.5. The summed E-state index contributed by atoms with van der Waals surface area (Å²) < 4.78 is 0. The molecule has 1 rings (SSSR count). The van der Waals surface area contributed by atoms with E-state index in [1.54, 1.807) is 0 Å². The number of hydrogen-bond donors (Lipinski definition) is 2. The van der Waals surface area contributed by atoms with Gasteiger partial charge in [-0.05, 0) is 36.5 Å². The number of unbranched alkanes of at least 4 members (excludes halogenated alkanes) is 1. The van der Waals surface area contributed by atoms with Crippen LogP contribution in [0.5, 0.6) is 0 Å². The van der Waals surface area contributed by atoms with E-state index >= 15 is 0 Å². The maximum Gasteiger partial charge on any atom is 0.0406 e. The molecule has 19 heavy (non-hydrogen) atoms. The van der Waals surface area contributed by atoms with Crippen LogP contribution >= 0.6 is 11.6 Å². The first kappa shape index (κ1) is 16.5. The third-order valence-corrected chi connectivity index (χ3v) is 4.04. The number of nitrogens with two attached hydrogens (primary N) is 1. The summed E-state index contributed by atoms with van der Waals surface area (Å²) in [5.74, 6) is 6.48. The standard InChI is InChI=1S/C16H27ClN2/c1-3-5-6-13(4-2)11-16(19-18)12-14-7-9-15(17)10-8-14/h7-10,13,16,19H,3-6,11-12,18H2,1-2H3. The lowest BCUT2D eigenvalue weighted by Gasteiger charge is -2.22. The minimum absolute atomic E-state index is 0.350. The van der Waals surface area contributed by atoms with E-state index in [2.05, 4.69) is 31.4 Å². The maximum absolute atomic E-state index is 5.91. The second-order valence-electron chi connectivity index (χ2n) is 5.35. The summed E-state index contributed by atoms with van der Waals surface area (Å²) >= 11 is 5.91. The quantitative estimate of drug-likeness (QED) is 0.523. The third-order valence-electron chi connectivity index (χ3n) is 3.79. The average molecular weight is 283 g/mol. The highest BCUT2D eigenvalue weighted by Gasteiger charge is 2.14. The molecule has 1 aromatic rings. The molecule has 3 heteroatoms. The molecule has 0 saturated carbocycles. The molecule has 2 nitrogen and oxygen atoms in total. The Balaban J connectivity index is 2.49. The van der Waals surface area contributed by atoms with Crippen molar-refractivity contribution in [2.75, 3.05) is 0 Å². The van der Waals surface area contributed by atoms with Gasteiger partial charge in [-0.1, -0.05) is 63.3 Å². The lowest BCUT2D eigenvalue weighted by molar-refractivity contribution is 0.350. The summed E-state index contributed by atoms with van der Waals surface area (Å²) in [6.45, 7) is 4.52. The molecule has 0 radical (unpaired) electrons. The summed E-state index contributed by atoms with van der Waals surface area (Å²) in [5.41, 5.74) is 4.26. The van der Waals surface area contributed by atoms with Gasteiger partial charge in [0.2, 0.25) is 0 Å². The number of hydrogen-bond acceptors (Lipinski definition) is 2. The molecule has 0 aliphatic rings. The molecule has 0 bridgehead atoms. The van der Waals surface area contributed by atoms with Crippen LogP contribution < -0.4 is 11.3 Å². The van der Waals surface area contributed by atoms with Crippen molar-refractivity contribution < 1.29 is 0 Å². The van der Waals surface area contributed by atoms with Crippen LogP contribution in [0.3, 0.4) is 0 Å². The van der Waals surface area contributed by atoms with E-state index in [0.29, 0.717) is 6.04 Å². The number of benzene rings is 1. The van der Waals surface area contributed by atoms with Crippen LogP contribution in [0, 0.1) is 5.92 Å². The van der Waals surface area contributed by atoms with E-state index in [4.69, 9.17) is 17.4 Å². The molecule has 0 aromatic heterocycles. The fourth-order valence-corrected chi connectivity index (χ4v) is 2.63. The normalized spacial score (nSPS) is 14.3. The topological polar surface area (TPSA) is 38.0 Å². The van der Waals surface area contributed by atoms with Crippen molar-refractivity contribution in [2.24, 2.45) is 11.8 Å². The monoisotopic (exact) mass is 282 g/mol. The fraction of sp³-hybridized carbons (Fsp3) is 0.625. The van der Waals surface area contributed by atoms with E-state index in [1.807, 2.05) is 12.1 Å². The molecular formula is C16H27ClN2. The van der Waals surface area contributed by atoms with Gasteiger partial charge in [0, 0.05) is 11.1 Å². The van der Waals surface area contributed by atoms with Gasteiger partial charge in [-0.2, -0.15) is 0 Å². The molecule has 0 fully saturated rings. The van der Waals surface area contributed by atoms with Crippen molar-refractivity contribution in [2.45, 2.75) is 58.4 Å². The molecule has 3 N–H and O–H groups in total. The zero-order valence-electron chi connectivity index (χ0n) is 12.2. The van der Waals surface area contributed by atoms with Crippen molar-refractivity contribution in [3.05, 3.63) is 34.9 Å². The first-order valence-corrected chi connectivity index (χ1v) is 7.77. The zero-order chi connectivity index (χ0) is 14.1. The molecule has 2 atom stereocenters. The van der Waals surface area contributed by atoms with Crippen LogP contribution in [0.15, 0.2) is 24.3 Å². The predicted molar refractivity (Wildman–Crippen MR) is 84.2 cm³/mol. The molecule has 0 aliphatic heterocycles. The number of halogens is 1. The van der Waals surface area contributed by atoms with Crippen molar-refractivity contribution in [3.8, 4) is 0 Å². The summed E-state index contributed by atoms with van der Waals surface area (Å²) in [5, 5.41) is 0.787. The van der Waals surface area contributed by atoms with Gasteiger partial charge >= 0.3 is 0 Å². The Morgan fingerprint density at radius 2 is 1.89 bits per heavy atom. The molecule has 2 unspecified atom stereocenters. The summed E-state index contributed by atoms with van der Waals surface area (Å²) in [4.78, 5) is 0. The van der Waals surface area contributed by atoms with Gasteiger partial charge in [0.25, 0.3) is 0 Å². The summed E-state index contributed by atoms with van der Waals surface area (Å²) in [7, 11) is 0.